The lowest BCUT2D eigenvalue weighted by molar-refractivity contribution is 0.0983. The van der Waals surface area contributed by atoms with Crippen molar-refractivity contribution in [1.29, 1.82) is 0 Å². The second-order valence-corrected chi connectivity index (χ2v) is 5.52. The summed E-state index contributed by atoms with van der Waals surface area (Å²) in [7, 11) is 0. The van der Waals surface area contributed by atoms with Crippen LogP contribution in [-0.4, -0.2) is 5.78 Å². The molecule has 0 saturated carbocycles. The molecule has 2 heteroatoms. The number of Topliss-reactive ketones (excluding diaryl/α,β-unsaturated/α-hetero) is 1. The molecule has 2 nitrogen and oxygen atoms in total. The van der Waals surface area contributed by atoms with Gasteiger partial charge in [-0.15, -0.1) is 0 Å². The number of benzene rings is 2. The minimum atomic E-state index is 0.125. The number of aryl methyl sites for hydroxylation is 2. The van der Waals surface area contributed by atoms with Crippen molar-refractivity contribution in [3.8, 4) is 5.75 Å². The van der Waals surface area contributed by atoms with Gasteiger partial charge in [0.25, 0.3) is 0 Å². The van der Waals surface area contributed by atoms with Crippen LogP contribution in [-0.2, 0) is 19.4 Å². The Bertz CT molecular complexity index is 658. The summed E-state index contributed by atoms with van der Waals surface area (Å²) in [4.78, 5) is 11.9. The first-order valence-electron chi connectivity index (χ1n) is 7.63. The minimum Gasteiger partial charge on any atom is -0.488 e. The van der Waals surface area contributed by atoms with Gasteiger partial charge in [-0.05, 0) is 48.1 Å². The lowest BCUT2D eigenvalue weighted by Gasteiger charge is -2.11. The van der Waals surface area contributed by atoms with Crippen LogP contribution in [0.1, 0.15) is 46.8 Å². The third-order valence-corrected chi connectivity index (χ3v) is 4.07. The normalized spacial score (nSPS) is 13.0. The highest BCUT2D eigenvalue weighted by molar-refractivity contribution is 5.98. The molecule has 1 aliphatic carbocycles. The van der Waals surface area contributed by atoms with Crippen molar-refractivity contribution >= 4 is 5.78 Å². The first kappa shape index (κ1) is 13.9. The van der Waals surface area contributed by atoms with E-state index in [1.54, 1.807) is 0 Å². The highest BCUT2D eigenvalue weighted by Gasteiger charge is 2.12. The number of ether oxygens (including phenoxy) is 1. The average Bonchev–Trinajstić information content (AvgIpc) is 3.00. The van der Waals surface area contributed by atoms with E-state index in [2.05, 4.69) is 18.2 Å². The standard InChI is InChI=1S/C19H20O2/c1-2-18(20)17-8-3-4-9-19(17)21-13-14-10-11-15-6-5-7-16(15)12-14/h3-4,8-12H,2,5-7,13H2,1H3. The van der Waals surface area contributed by atoms with Crippen molar-refractivity contribution < 1.29 is 9.53 Å². The summed E-state index contributed by atoms with van der Waals surface area (Å²) in [5, 5.41) is 0. The molecule has 1 aliphatic rings. The number of ketones is 1. The summed E-state index contributed by atoms with van der Waals surface area (Å²) in [5.74, 6) is 0.810. The van der Waals surface area contributed by atoms with Crippen LogP contribution in [0.4, 0.5) is 0 Å². The molecule has 0 heterocycles. The number of para-hydroxylation sites is 1. The lowest BCUT2D eigenvalue weighted by Crippen LogP contribution is -2.03. The van der Waals surface area contributed by atoms with Gasteiger partial charge >= 0.3 is 0 Å². The van der Waals surface area contributed by atoms with Gasteiger partial charge in [0.15, 0.2) is 5.78 Å². The molecule has 0 N–H and O–H groups in total. The molecule has 0 spiro atoms. The maximum Gasteiger partial charge on any atom is 0.166 e. The van der Waals surface area contributed by atoms with Crippen molar-refractivity contribution in [1.82, 2.24) is 0 Å². The van der Waals surface area contributed by atoms with Crippen LogP contribution in [0.2, 0.25) is 0 Å². The number of hydrogen-bond acceptors (Lipinski definition) is 2. The summed E-state index contributed by atoms with van der Waals surface area (Å²) >= 11 is 0. The average molecular weight is 280 g/mol. The van der Waals surface area contributed by atoms with Crippen LogP contribution in [0.15, 0.2) is 42.5 Å². The van der Waals surface area contributed by atoms with Gasteiger partial charge in [0, 0.05) is 6.42 Å². The Morgan fingerprint density at radius 2 is 1.90 bits per heavy atom. The molecule has 0 bridgehead atoms. The van der Waals surface area contributed by atoms with E-state index >= 15 is 0 Å². The second kappa shape index (κ2) is 6.13. The fraction of sp³-hybridized carbons (Fsp3) is 0.316. The molecule has 0 unspecified atom stereocenters. The molecule has 21 heavy (non-hydrogen) atoms. The Balaban J connectivity index is 1.75. The van der Waals surface area contributed by atoms with E-state index < -0.39 is 0 Å². The first-order valence-corrected chi connectivity index (χ1v) is 7.63. The van der Waals surface area contributed by atoms with Gasteiger partial charge < -0.3 is 4.74 Å². The molecular weight excluding hydrogens is 260 g/mol. The van der Waals surface area contributed by atoms with Crippen LogP contribution < -0.4 is 4.74 Å². The topological polar surface area (TPSA) is 26.3 Å². The summed E-state index contributed by atoms with van der Waals surface area (Å²) in [5.41, 5.74) is 4.78. The van der Waals surface area contributed by atoms with Gasteiger partial charge in [-0.25, -0.2) is 0 Å². The zero-order valence-corrected chi connectivity index (χ0v) is 12.4. The zero-order chi connectivity index (χ0) is 14.7. The second-order valence-electron chi connectivity index (χ2n) is 5.52. The number of rotatable bonds is 5. The van der Waals surface area contributed by atoms with Crippen molar-refractivity contribution in [2.24, 2.45) is 0 Å². The summed E-state index contributed by atoms with van der Waals surface area (Å²) in [6, 6.07) is 14.1. The Morgan fingerprint density at radius 1 is 1.10 bits per heavy atom. The van der Waals surface area contributed by atoms with Crippen molar-refractivity contribution in [2.45, 2.75) is 39.2 Å². The van der Waals surface area contributed by atoms with Gasteiger partial charge in [-0.1, -0.05) is 37.3 Å². The Kier molecular flexibility index (Phi) is 4.05. The molecule has 3 rings (SSSR count). The Hall–Kier alpha value is -2.09. The third kappa shape index (κ3) is 2.99. The van der Waals surface area contributed by atoms with E-state index in [0.717, 1.165) is 0 Å². The van der Waals surface area contributed by atoms with Gasteiger partial charge in [-0.2, -0.15) is 0 Å². The summed E-state index contributed by atoms with van der Waals surface area (Å²) < 4.78 is 5.89. The summed E-state index contributed by atoms with van der Waals surface area (Å²) in [6.07, 6.45) is 4.13. The molecule has 0 radical (unpaired) electrons. The zero-order valence-electron chi connectivity index (χ0n) is 12.4. The number of carbonyl (C=O) groups is 1. The van der Waals surface area contributed by atoms with Crippen LogP contribution in [0.3, 0.4) is 0 Å². The maximum atomic E-state index is 11.9. The number of fused-ring (bicyclic) bond motifs is 1. The highest BCUT2D eigenvalue weighted by Crippen LogP contribution is 2.25. The van der Waals surface area contributed by atoms with E-state index in [9.17, 15) is 4.79 Å². The summed E-state index contributed by atoms with van der Waals surface area (Å²) in [6.45, 7) is 2.39. The van der Waals surface area contributed by atoms with Gasteiger partial charge in [-0.3, -0.25) is 4.79 Å². The van der Waals surface area contributed by atoms with E-state index in [1.807, 2.05) is 31.2 Å². The predicted octanol–water partition coefficient (Wildman–Crippen LogP) is 4.35. The molecule has 0 aromatic heterocycles. The first-order chi connectivity index (χ1) is 10.3. The van der Waals surface area contributed by atoms with Crippen molar-refractivity contribution in [3.05, 3.63) is 64.7 Å². The fourth-order valence-electron chi connectivity index (χ4n) is 2.89. The molecule has 108 valence electrons. The van der Waals surface area contributed by atoms with Crippen molar-refractivity contribution in [2.75, 3.05) is 0 Å². The molecule has 0 fully saturated rings. The minimum absolute atomic E-state index is 0.125. The number of hydrogen-bond donors (Lipinski definition) is 0. The molecule has 0 amide bonds. The monoisotopic (exact) mass is 280 g/mol. The number of carbonyl (C=O) groups excluding carboxylic acids is 1. The quantitative estimate of drug-likeness (QED) is 0.761. The maximum absolute atomic E-state index is 11.9. The van der Waals surface area contributed by atoms with Gasteiger partial charge in [0.1, 0.15) is 12.4 Å². The molecule has 0 atom stereocenters. The fourth-order valence-corrected chi connectivity index (χ4v) is 2.89. The molecule has 0 aliphatic heterocycles. The highest BCUT2D eigenvalue weighted by atomic mass is 16.5. The predicted molar refractivity (Wildman–Crippen MR) is 83.9 cm³/mol. The Morgan fingerprint density at radius 3 is 2.76 bits per heavy atom. The van der Waals surface area contributed by atoms with Crippen LogP contribution in [0.25, 0.3) is 0 Å². The van der Waals surface area contributed by atoms with E-state index in [4.69, 9.17) is 4.74 Å². The lowest BCUT2D eigenvalue weighted by atomic mass is 10.1. The van der Waals surface area contributed by atoms with E-state index in [-0.39, 0.29) is 5.78 Å². The van der Waals surface area contributed by atoms with Crippen LogP contribution >= 0.6 is 0 Å². The van der Waals surface area contributed by atoms with Gasteiger partial charge in [0.2, 0.25) is 0 Å². The van der Waals surface area contributed by atoms with Gasteiger partial charge in [0.05, 0.1) is 5.56 Å². The Labute approximate surface area is 125 Å². The van der Waals surface area contributed by atoms with Crippen LogP contribution in [0.5, 0.6) is 5.75 Å². The van der Waals surface area contributed by atoms with E-state index in [1.165, 1.54) is 36.0 Å². The smallest absolute Gasteiger partial charge is 0.166 e. The van der Waals surface area contributed by atoms with Crippen molar-refractivity contribution in [3.63, 3.8) is 0 Å². The molecule has 0 saturated heterocycles. The van der Waals surface area contributed by atoms with Crippen LogP contribution in [0, 0.1) is 0 Å². The molecule has 2 aromatic rings. The molecule has 2 aromatic carbocycles. The largest absolute Gasteiger partial charge is 0.488 e. The SMILES string of the molecule is CCC(=O)c1ccccc1OCc1ccc2c(c1)CCC2. The molecular formula is C19H20O2. The third-order valence-electron chi connectivity index (χ3n) is 4.07. The van der Waals surface area contributed by atoms with E-state index in [0.29, 0.717) is 24.3 Å².